The molecule has 1 N–H and O–H groups in total. The van der Waals surface area contributed by atoms with Crippen molar-refractivity contribution in [3.8, 4) is 0 Å². The standard InChI is InChI=1S/C12H16N2O3/c1-17-10-9-13-8-2-3-11-4-6-12(7-5-11)14(15)16/h2-7,13H,8-10H2,1H3. The van der Waals surface area contributed by atoms with E-state index < -0.39 is 4.92 Å². The third-order valence-electron chi connectivity index (χ3n) is 2.16. The van der Waals surface area contributed by atoms with Crippen LogP contribution in [0.2, 0.25) is 0 Å². The second-order valence-electron chi connectivity index (χ2n) is 3.45. The van der Waals surface area contributed by atoms with E-state index in [1.54, 1.807) is 19.2 Å². The fourth-order valence-electron chi connectivity index (χ4n) is 1.26. The summed E-state index contributed by atoms with van der Waals surface area (Å²) < 4.78 is 4.89. The lowest BCUT2D eigenvalue weighted by Crippen LogP contribution is -2.18. The van der Waals surface area contributed by atoms with Crippen LogP contribution in [0.3, 0.4) is 0 Å². The second kappa shape index (κ2) is 7.54. The maximum Gasteiger partial charge on any atom is 0.269 e. The summed E-state index contributed by atoms with van der Waals surface area (Å²) in [7, 11) is 1.66. The Labute approximate surface area is 100 Å². The van der Waals surface area contributed by atoms with E-state index in [2.05, 4.69) is 5.32 Å². The summed E-state index contributed by atoms with van der Waals surface area (Å²) in [6.45, 7) is 2.24. The predicted octanol–water partition coefficient (Wildman–Crippen LogP) is 1.84. The van der Waals surface area contributed by atoms with Gasteiger partial charge in [0.2, 0.25) is 0 Å². The van der Waals surface area contributed by atoms with Gasteiger partial charge in [0.1, 0.15) is 0 Å². The first kappa shape index (κ1) is 13.3. The molecule has 92 valence electrons. The van der Waals surface area contributed by atoms with E-state index in [1.807, 2.05) is 12.2 Å². The second-order valence-corrected chi connectivity index (χ2v) is 3.45. The molecule has 17 heavy (non-hydrogen) atoms. The Morgan fingerprint density at radius 3 is 2.71 bits per heavy atom. The van der Waals surface area contributed by atoms with Gasteiger partial charge >= 0.3 is 0 Å². The van der Waals surface area contributed by atoms with Crippen molar-refractivity contribution in [2.45, 2.75) is 0 Å². The van der Waals surface area contributed by atoms with Gasteiger partial charge in [0.15, 0.2) is 0 Å². The van der Waals surface area contributed by atoms with Gasteiger partial charge in [-0.3, -0.25) is 10.1 Å². The molecule has 0 saturated carbocycles. The molecule has 0 radical (unpaired) electrons. The maximum atomic E-state index is 10.4. The Hall–Kier alpha value is -1.72. The van der Waals surface area contributed by atoms with Crippen molar-refractivity contribution < 1.29 is 9.66 Å². The van der Waals surface area contributed by atoms with Gasteiger partial charge in [-0.2, -0.15) is 0 Å². The molecule has 5 nitrogen and oxygen atoms in total. The zero-order valence-electron chi connectivity index (χ0n) is 9.76. The summed E-state index contributed by atoms with van der Waals surface area (Å²) in [6, 6.07) is 6.45. The van der Waals surface area contributed by atoms with Crippen LogP contribution in [0.15, 0.2) is 30.3 Å². The average Bonchev–Trinajstić information content (AvgIpc) is 2.34. The highest BCUT2D eigenvalue weighted by Gasteiger charge is 2.01. The largest absolute Gasteiger partial charge is 0.383 e. The molecule has 0 heterocycles. The van der Waals surface area contributed by atoms with Crippen LogP contribution in [-0.2, 0) is 4.74 Å². The molecule has 0 aliphatic carbocycles. The lowest BCUT2D eigenvalue weighted by molar-refractivity contribution is -0.384. The first-order valence-corrected chi connectivity index (χ1v) is 5.34. The molecule has 0 bridgehead atoms. The molecule has 0 unspecified atom stereocenters. The Kier molecular flexibility index (Phi) is 5.92. The molecule has 1 aromatic rings. The van der Waals surface area contributed by atoms with Crippen LogP contribution >= 0.6 is 0 Å². The fraction of sp³-hybridized carbons (Fsp3) is 0.333. The van der Waals surface area contributed by atoms with E-state index in [4.69, 9.17) is 4.74 Å². The lowest BCUT2D eigenvalue weighted by Gasteiger charge is -1.99. The number of nitro groups is 1. The number of ether oxygens (including phenoxy) is 1. The smallest absolute Gasteiger partial charge is 0.269 e. The van der Waals surface area contributed by atoms with Gasteiger partial charge in [-0.25, -0.2) is 0 Å². The van der Waals surface area contributed by atoms with Gasteiger partial charge in [-0.15, -0.1) is 0 Å². The van der Waals surface area contributed by atoms with E-state index in [0.717, 1.165) is 18.7 Å². The van der Waals surface area contributed by atoms with Gasteiger partial charge in [0.05, 0.1) is 11.5 Å². The van der Waals surface area contributed by atoms with Crippen LogP contribution in [0.4, 0.5) is 5.69 Å². The normalized spacial score (nSPS) is 10.9. The van der Waals surface area contributed by atoms with E-state index >= 15 is 0 Å². The predicted molar refractivity (Wildman–Crippen MR) is 66.9 cm³/mol. The van der Waals surface area contributed by atoms with Crippen molar-refractivity contribution in [2.75, 3.05) is 26.8 Å². The van der Waals surface area contributed by atoms with Crippen molar-refractivity contribution in [2.24, 2.45) is 0 Å². The maximum absolute atomic E-state index is 10.4. The molecule has 1 aromatic carbocycles. The van der Waals surface area contributed by atoms with Gasteiger partial charge < -0.3 is 10.1 Å². The number of benzene rings is 1. The topological polar surface area (TPSA) is 64.4 Å². The molecule has 0 aromatic heterocycles. The number of methoxy groups -OCH3 is 1. The summed E-state index contributed by atoms with van der Waals surface area (Å²) >= 11 is 0. The molecule has 1 rings (SSSR count). The Morgan fingerprint density at radius 2 is 2.12 bits per heavy atom. The van der Waals surface area contributed by atoms with Crippen molar-refractivity contribution in [1.82, 2.24) is 5.32 Å². The van der Waals surface area contributed by atoms with Gasteiger partial charge in [0.25, 0.3) is 5.69 Å². The van der Waals surface area contributed by atoms with E-state index in [0.29, 0.717) is 6.61 Å². The molecule has 0 aliphatic heterocycles. The highest BCUT2D eigenvalue weighted by molar-refractivity contribution is 5.51. The molecule has 0 saturated heterocycles. The van der Waals surface area contributed by atoms with Gasteiger partial charge in [-0.1, -0.05) is 12.2 Å². The van der Waals surface area contributed by atoms with Crippen molar-refractivity contribution in [3.63, 3.8) is 0 Å². The number of rotatable bonds is 7. The van der Waals surface area contributed by atoms with Crippen molar-refractivity contribution in [3.05, 3.63) is 46.0 Å². The number of hydrogen-bond acceptors (Lipinski definition) is 4. The van der Waals surface area contributed by atoms with Crippen molar-refractivity contribution >= 4 is 11.8 Å². The minimum absolute atomic E-state index is 0.111. The first-order chi connectivity index (χ1) is 8.24. The zero-order valence-corrected chi connectivity index (χ0v) is 9.76. The Morgan fingerprint density at radius 1 is 1.41 bits per heavy atom. The minimum atomic E-state index is -0.403. The summed E-state index contributed by atoms with van der Waals surface area (Å²) in [6.07, 6.45) is 3.89. The summed E-state index contributed by atoms with van der Waals surface area (Å²) in [5.41, 5.74) is 1.06. The summed E-state index contributed by atoms with van der Waals surface area (Å²) in [4.78, 5) is 10.0. The Bertz CT molecular complexity index is 374. The van der Waals surface area contributed by atoms with E-state index in [1.165, 1.54) is 12.1 Å². The minimum Gasteiger partial charge on any atom is -0.383 e. The van der Waals surface area contributed by atoms with Crippen LogP contribution in [0, 0.1) is 10.1 Å². The Balaban J connectivity index is 2.36. The number of nitrogens with zero attached hydrogens (tertiary/aromatic N) is 1. The highest BCUT2D eigenvalue weighted by atomic mass is 16.6. The molecule has 0 amide bonds. The fourth-order valence-corrected chi connectivity index (χ4v) is 1.26. The molecule has 0 atom stereocenters. The van der Waals surface area contributed by atoms with Crippen LogP contribution < -0.4 is 5.32 Å². The number of nitrogens with one attached hydrogen (secondary N) is 1. The number of nitro benzene ring substituents is 1. The monoisotopic (exact) mass is 236 g/mol. The van der Waals surface area contributed by atoms with E-state index in [-0.39, 0.29) is 5.69 Å². The molecule has 0 aliphatic rings. The van der Waals surface area contributed by atoms with Gasteiger partial charge in [0, 0.05) is 32.3 Å². The van der Waals surface area contributed by atoms with Crippen LogP contribution in [0.1, 0.15) is 5.56 Å². The van der Waals surface area contributed by atoms with Crippen LogP contribution in [0.25, 0.3) is 6.08 Å². The molecule has 5 heteroatoms. The third kappa shape index (κ3) is 5.24. The molecular weight excluding hydrogens is 220 g/mol. The van der Waals surface area contributed by atoms with Crippen LogP contribution in [-0.4, -0.2) is 31.7 Å². The SMILES string of the molecule is COCCNCC=Cc1ccc([N+](=O)[O-])cc1. The molecule has 0 fully saturated rings. The van der Waals surface area contributed by atoms with Crippen LogP contribution in [0.5, 0.6) is 0 Å². The summed E-state index contributed by atoms with van der Waals surface area (Å²) in [5, 5.41) is 13.6. The summed E-state index contributed by atoms with van der Waals surface area (Å²) in [5.74, 6) is 0. The third-order valence-corrected chi connectivity index (χ3v) is 2.16. The average molecular weight is 236 g/mol. The quantitative estimate of drug-likeness (QED) is 0.445. The van der Waals surface area contributed by atoms with E-state index in [9.17, 15) is 10.1 Å². The number of non-ortho nitro benzene ring substituents is 1. The molecule has 0 spiro atoms. The first-order valence-electron chi connectivity index (χ1n) is 5.34. The van der Waals surface area contributed by atoms with Gasteiger partial charge in [-0.05, 0) is 17.7 Å². The zero-order chi connectivity index (χ0) is 12.5. The lowest BCUT2D eigenvalue weighted by atomic mass is 10.2. The van der Waals surface area contributed by atoms with Crippen molar-refractivity contribution in [1.29, 1.82) is 0 Å². The highest BCUT2D eigenvalue weighted by Crippen LogP contribution is 2.12. The number of hydrogen-bond donors (Lipinski definition) is 1. The molecular formula is C12H16N2O3.